The molecule has 23 heavy (non-hydrogen) atoms. The third kappa shape index (κ3) is 3.30. The summed E-state index contributed by atoms with van der Waals surface area (Å²) in [5.41, 5.74) is 0.997. The summed E-state index contributed by atoms with van der Waals surface area (Å²) in [5, 5.41) is 0.485. The lowest BCUT2D eigenvalue weighted by atomic mass is 9.98. The molecular weight excluding hydrogens is 312 g/mol. The number of aromatic nitrogens is 2. The molecule has 0 radical (unpaired) electrons. The van der Waals surface area contributed by atoms with Gasteiger partial charge in [-0.15, -0.1) is 0 Å². The first-order chi connectivity index (χ1) is 11.0. The van der Waals surface area contributed by atoms with Gasteiger partial charge in [-0.25, -0.2) is 4.98 Å². The van der Waals surface area contributed by atoms with Gasteiger partial charge in [-0.2, -0.15) is 4.98 Å². The molecule has 1 aromatic rings. The topological polar surface area (TPSA) is 49.3 Å². The molecule has 1 amide bonds. The van der Waals surface area contributed by atoms with Crippen LogP contribution in [0.15, 0.2) is 0 Å². The molecule has 2 fully saturated rings. The number of halogens is 1. The summed E-state index contributed by atoms with van der Waals surface area (Å²) in [6, 6.07) is 0. The Morgan fingerprint density at radius 3 is 2.43 bits per heavy atom. The highest BCUT2D eigenvalue weighted by atomic mass is 35.5. The van der Waals surface area contributed by atoms with Gasteiger partial charge in [0.25, 0.3) is 0 Å². The zero-order chi connectivity index (χ0) is 16.6. The van der Waals surface area contributed by atoms with E-state index in [9.17, 15) is 4.79 Å². The predicted octanol–water partition coefficient (Wildman–Crippen LogP) is 3.62. The van der Waals surface area contributed by atoms with Crippen LogP contribution in [-0.2, 0) is 4.79 Å². The monoisotopic (exact) mass is 336 g/mol. The highest BCUT2D eigenvalue weighted by Crippen LogP contribution is 2.35. The van der Waals surface area contributed by atoms with Gasteiger partial charge in [-0.1, -0.05) is 32.4 Å². The molecule has 2 aliphatic heterocycles. The van der Waals surface area contributed by atoms with E-state index in [2.05, 4.69) is 30.7 Å². The van der Waals surface area contributed by atoms with Crippen molar-refractivity contribution in [3.63, 3.8) is 0 Å². The Balaban J connectivity index is 2.00. The van der Waals surface area contributed by atoms with E-state index in [1.54, 1.807) is 4.90 Å². The Morgan fingerprint density at radius 2 is 1.87 bits per heavy atom. The van der Waals surface area contributed by atoms with E-state index < -0.39 is 0 Å². The Labute approximate surface area is 143 Å². The van der Waals surface area contributed by atoms with Crippen molar-refractivity contribution < 1.29 is 4.79 Å². The smallest absolute Gasteiger partial charge is 0.235 e. The minimum atomic E-state index is 0.0941. The van der Waals surface area contributed by atoms with Gasteiger partial charge in [0.05, 0.1) is 0 Å². The Bertz CT molecular complexity index is 597. The maximum absolute atomic E-state index is 12.0. The van der Waals surface area contributed by atoms with Crippen LogP contribution in [0.4, 0.5) is 11.8 Å². The third-order valence-electron chi connectivity index (χ3n) is 4.84. The Morgan fingerprint density at radius 1 is 1.17 bits per heavy atom. The number of hydrogen-bond donors (Lipinski definition) is 0. The van der Waals surface area contributed by atoms with Crippen LogP contribution in [0.2, 0.25) is 5.15 Å². The van der Waals surface area contributed by atoms with Crippen molar-refractivity contribution in [1.29, 1.82) is 0 Å². The van der Waals surface area contributed by atoms with Gasteiger partial charge < -0.3 is 4.90 Å². The fourth-order valence-electron chi connectivity index (χ4n) is 3.36. The first kappa shape index (κ1) is 16.5. The Kier molecular flexibility index (Phi) is 4.76. The number of amides is 1. The number of anilines is 2. The van der Waals surface area contributed by atoms with Crippen LogP contribution in [0.3, 0.4) is 0 Å². The summed E-state index contributed by atoms with van der Waals surface area (Å²) >= 11 is 6.49. The second-order valence-electron chi connectivity index (χ2n) is 7.02. The summed E-state index contributed by atoms with van der Waals surface area (Å²) in [4.78, 5) is 25.2. The molecule has 2 aliphatic rings. The number of piperidine rings is 1. The van der Waals surface area contributed by atoms with Crippen molar-refractivity contribution in [3.8, 4) is 0 Å². The van der Waals surface area contributed by atoms with E-state index in [4.69, 9.17) is 16.6 Å². The number of nitrogens with zero attached hydrogens (tertiary/aromatic N) is 4. The van der Waals surface area contributed by atoms with Gasteiger partial charge in [0.15, 0.2) is 0 Å². The maximum Gasteiger partial charge on any atom is 0.235 e. The SMILES string of the molecule is CC1CCN(c2nc(N3CCCC3=O)nc(Cl)c2C(C)C)CC1. The van der Waals surface area contributed by atoms with Gasteiger partial charge in [0.2, 0.25) is 11.9 Å². The van der Waals surface area contributed by atoms with Crippen LogP contribution >= 0.6 is 11.6 Å². The highest BCUT2D eigenvalue weighted by Gasteiger charge is 2.29. The third-order valence-corrected chi connectivity index (χ3v) is 5.13. The first-order valence-corrected chi connectivity index (χ1v) is 8.98. The lowest BCUT2D eigenvalue weighted by molar-refractivity contribution is -0.117. The summed E-state index contributed by atoms with van der Waals surface area (Å²) in [7, 11) is 0. The predicted molar refractivity (Wildman–Crippen MR) is 93.3 cm³/mol. The number of rotatable bonds is 3. The average molecular weight is 337 g/mol. The molecule has 0 bridgehead atoms. The van der Waals surface area contributed by atoms with Crippen LogP contribution in [0.25, 0.3) is 0 Å². The molecule has 0 atom stereocenters. The molecule has 126 valence electrons. The normalized spacial score (nSPS) is 20.0. The molecule has 0 spiro atoms. The zero-order valence-electron chi connectivity index (χ0n) is 14.2. The number of carbonyl (C=O) groups is 1. The van der Waals surface area contributed by atoms with Gasteiger partial charge in [-0.3, -0.25) is 9.69 Å². The standard InChI is InChI=1S/C17H25ClN4O/c1-11(2)14-15(18)19-17(22-8-4-5-13(22)23)20-16(14)21-9-6-12(3)7-10-21/h11-12H,4-10H2,1-3H3. The molecule has 1 aromatic heterocycles. The van der Waals surface area contributed by atoms with E-state index in [1.165, 1.54) is 0 Å². The van der Waals surface area contributed by atoms with Gasteiger partial charge in [0, 0.05) is 31.6 Å². The summed E-state index contributed by atoms with van der Waals surface area (Å²) in [5.74, 6) is 2.49. The molecular formula is C17H25ClN4O. The van der Waals surface area contributed by atoms with Crippen molar-refractivity contribution in [2.75, 3.05) is 29.4 Å². The Hall–Kier alpha value is -1.36. The molecule has 5 nitrogen and oxygen atoms in total. The molecule has 0 unspecified atom stereocenters. The van der Waals surface area contributed by atoms with Crippen LogP contribution in [0.1, 0.15) is 57.9 Å². The van der Waals surface area contributed by atoms with Crippen molar-refractivity contribution in [2.45, 2.75) is 52.4 Å². The summed E-state index contributed by atoms with van der Waals surface area (Å²) < 4.78 is 0. The first-order valence-electron chi connectivity index (χ1n) is 8.60. The number of hydrogen-bond acceptors (Lipinski definition) is 4. The van der Waals surface area contributed by atoms with E-state index >= 15 is 0 Å². The lowest BCUT2D eigenvalue weighted by Crippen LogP contribution is -2.35. The molecule has 0 saturated carbocycles. The minimum Gasteiger partial charge on any atom is -0.356 e. The molecule has 0 N–H and O–H groups in total. The number of carbonyl (C=O) groups excluding carboxylic acids is 1. The second kappa shape index (κ2) is 6.63. The quantitative estimate of drug-likeness (QED) is 0.791. The van der Waals surface area contributed by atoms with E-state index in [0.717, 1.165) is 49.7 Å². The molecule has 3 rings (SSSR count). The minimum absolute atomic E-state index is 0.0941. The molecule has 0 aliphatic carbocycles. The molecule has 0 aromatic carbocycles. The lowest BCUT2D eigenvalue weighted by Gasteiger charge is -2.33. The van der Waals surface area contributed by atoms with E-state index in [1.807, 2.05) is 0 Å². The van der Waals surface area contributed by atoms with Crippen molar-refractivity contribution in [1.82, 2.24) is 9.97 Å². The highest BCUT2D eigenvalue weighted by molar-refractivity contribution is 6.30. The molecule has 2 saturated heterocycles. The fraction of sp³-hybridized carbons (Fsp3) is 0.706. The largest absolute Gasteiger partial charge is 0.356 e. The van der Waals surface area contributed by atoms with Gasteiger partial charge in [-0.05, 0) is 31.1 Å². The van der Waals surface area contributed by atoms with Crippen molar-refractivity contribution in [2.24, 2.45) is 5.92 Å². The van der Waals surface area contributed by atoms with Crippen LogP contribution in [-0.4, -0.2) is 35.5 Å². The average Bonchev–Trinajstić information content (AvgIpc) is 2.93. The summed E-state index contributed by atoms with van der Waals surface area (Å²) in [6.07, 6.45) is 3.76. The van der Waals surface area contributed by atoms with Crippen molar-refractivity contribution in [3.05, 3.63) is 10.7 Å². The van der Waals surface area contributed by atoms with Crippen LogP contribution in [0, 0.1) is 5.92 Å². The fourth-order valence-corrected chi connectivity index (χ4v) is 3.74. The molecule has 6 heteroatoms. The van der Waals surface area contributed by atoms with E-state index in [0.29, 0.717) is 24.1 Å². The maximum atomic E-state index is 12.0. The zero-order valence-corrected chi connectivity index (χ0v) is 14.9. The molecule has 3 heterocycles. The van der Waals surface area contributed by atoms with Gasteiger partial charge >= 0.3 is 0 Å². The van der Waals surface area contributed by atoms with Crippen LogP contribution < -0.4 is 9.80 Å². The second-order valence-corrected chi connectivity index (χ2v) is 7.38. The summed E-state index contributed by atoms with van der Waals surface area (Å²) in [6.45, 7) is 9.18. The van der Waals surface area contributed by atoms with Gasteiger partial charge in [0.1, 0.15) is 11.0 Å². The van der Waals surface area contributed by atoms with Crippen LogP contribution in [0.5, 0.6) is 0 Å². The van der Waals surface area contributed by atoms with E-state index in [-0.39, 0.29) is 11.8 Å². The van der Waals surface area contributed by atoms with Crippen molar-refractivity contribution >= 4 is 29.3 Å².